The lowest BCUT2D eigenvalue weighted by Gasteiger charge is -2.11. The van der Waals surface area contributed by atoms with Crippen LogP contribution in [0.15, 0.2) is 24.3 Å². The van der Waals surface area contributed by atoms with Crippen LogP contribution in [0.4, 0.5) is 5.69 Å². The Hall–Kier alpha value is -1.51. The quantitative estimate of drug-likeness (QED) is 0.576. The minimum Gasteiger partial charge on any atom is -0.395 e. The number of hydrogen-bond donors (Lipinski definition) is 2. The molecule has 0 saturated carbocycles. The van der Waals surface area contributed by atoms with E-state index in [-0.39, 0.29) is 18.0 Å². The lowest BCUT2D eigenvalue weighted by atomic mass is 10.2. The Morgan fingerprint density at radius 3 is 2.39 bits per heavy atom. The summed E-state index contributed by atoms with van der Waals surface area (Å²) in [6.07, 6.45) is 0. The molecule has 0 aromatic heterocycles. The van der Waals surface area contributed by atoms with Gasteiger partial charge in [-0.15, -0.1) is 0 Å². The maximum absolute atomic E-state index is 11.6. The molecule has 0 unspecified atom stereocenters. The van der Waals surface area contributed by atoms with Gasteiger partial charge >= 0.3 is 0 Å². The van der Waals surface area contributed by atoms with Crippen LogP contribution in [-0.2, 0) is 15.8 Å². The van der Waals surface area contributed by atoms with Gasteiger partial charge < -0.3 is 5.11 Å². The number of nitro groups is 1. The van der Waals surface area contributed by atoms with Gasteiger partial charge in [0.2, 0.25) is 10.0 Å². The molecule has 18 heavy (non-hydrogen) atoms. The second-order valence-corrected chi connectivity index (χ2v) is 5.64. The Kier molecular flexibility index (Phi) is 4.76. The van der Waals surface area contributed by atoms with Crippen LogP contribution in [-0.4, -0.2) is 31.1 Å². The number of hydrogen-bond acceptors (Lipinski definition) is 5. The highest BCUT2D eigenvalue weighted by atomic mass is 32.2. The number of nitro benzene ring substituents is 1. The van der Waals surface area contributed by atoms with E-state index in [0.29, 0.717) is 5.56 Å². The van der Waals surface area contributed by atoms with Gasteiger partial charge in [-0.2, -0.15) is 0 Å². The SMILES string of the molecule is C[C@@H](CO)NS(=O)(=O)Cc1ccc([N+](=O)[O-])cc1. The summed E-state index contributed by atoms with van der Waals surface area (Å²) in [4.78, 5) is 9.88. The molecular weight excluding hydrogens is 260 g/mol. The Labute approximate surface area is 105 Å². The van der Waals surface area contributed by atoms with Gasteiger partial charge in [-0.05, 0) is 12.5 Å². The normalized spacial score (nSPS) is 13.2. The topological polar surface area (TPSA) is 110 Å². The largest absolute Gasteiger partial charge is 0.395 e. The molecule has 1 aromatic carbocycles. The third-order valence-electron chi connectivity index (χ3n) is 2.16. The van der Waals surface area contributed by atoms with Gasteiger partial charge in [0.15, 0.2) is 0 Å². The number of benzene rings is 1. The molecule has 1 atom stereocenters. The van der Waals surface area contributed by atoms with E-state index in [9.17, 15) is 18.5 Å². The van der Waals surface area contributed by atoms with Gasteiger partial charge in [0.1, 0.15) is 0 Å². The van der Waals surface area contributed by atoms with E-state index < -0.39 is 21.0 Å². The van der Waals surface area contributed by atoms with Crippen LogP contribution in [0, 0.1) is 10.1 Å². The van der Waals surface area contributed by atoms with Gasteiger partial charge in [-0.25, -0.2) is 13.1 Å². The van der Waals surface area contributed by atoms with Crippen LogP contribution in [0.1, 0.15) is 12.5 Å². The lowest BCUT2D eigenvalue weighted by Crippen LogP contribution is -2.35. The first-order valence-electron chi connectivity index (χ1n) is 5.18. The third kappa shape index (κ3) is 4.40. The average molecular weight is 274 g/mol. The molecule has 0 aliphatic rings. The monoisotopic (exact) mass is 274 g/mol. The predicted octanol–water partition coefficient (Wildman–Crippen LogP) is 0.395. The third-order valence-corrected chi connectivity index (χ3v) is 3.63. The van der Waals surface area contributed by atoms with E-state index in [1.54, 1.807) is 0 Å². The molecule has 0 aliphatic carbocycles. The van der Waals surface area contributed by atoms with Crippen molar-refractivity contribution in [3.05, 3.63) is 39.9 Å². The fourth-order valence-corrected chi connectivity index (χ4v) is 2.72. The molecule has 1 aromatic rings. The molecule has 0 aliphatic heterocycles. The Bertz CT molecular complexity index is 512. The van der Waals surface area contributed by atoms with Crippen LogP contribution in [0.25, 0.3) is 0 Å². The first-order valence-corrected chi connectivity index (χ1v) is 6.83. The molecule has 0 fully saturated rings. The average Bonchev–Trinajstić information content (AvgIpc) is 2.28. The number of aliphatic hydroxyl groups excluding tert-OH is 1. The first kappa shape index (κ1) is 14.6. The van der Waals surface area contributed by atoms with E-state index in [2.05, 4.69) is 4.72 Å². The maximum atomic E-state index is 11.6. The zero-order valence-corrected chi connectivity index (χ0v) is 10.6. The van der Waals surface area contributed by atoms with Crippen molar-refractivity contribution in [2.24, 2.45) is 0 Å². The van der Waals surface area contributed by atoms with E-state index in [1.165, 1.54) is 31.2 Å². The molecule has 0 radical (unpaired) electrons. The van der Waals surface area contributed by atoms with Crippen molar-refractivity contribution in [1.82, 2.24) is 4.72 Å². The zero-order valence-electron chi connectivity index (χ0n) is 9.74. The summed E-state index contributed by atoms with van der Waals surface area (Å²) in [5.41, 5.74) is 0.353. The second-order valence-electron chi connectivity index (χ2n) is 3.88. The highest BCUT2D eigenvalue weighted by molar-refractivity contribution is 7.88. The fourth-order valence-electron chi connectivity index (χ4n) is 1.32. The number of sulfonamides is 1. The van der Waals surface area contributed by atoms with E-state index in [1.807, 2.05) is 0 Å². The number of nitrogens with one attached hydrogen (secondary N) is 1. The summed E-state index contributed by atoms with van der Waals surface area (Å²) in [7, 11) is -3.56. The Morgan fingerprint density at radius 1 is 1.39 bits per heavy atom. The highest BCUT2D eigenvalue weighted by Gasteiger charge is 2.15. The van der Waals surface area contributed by atoms with E-state index in [0.717, 1.165) is 0 Å². The first-order chi connectivity index (χ1) is 8.34. The number of aliphatic hydroxyl groups is 1. The van der Waals surface area contributed by atoms with Gasteiger partial charge in [0, 0.05) is 18.2 Å². The van der Waals surface area contributed by atoms with Gasteiger partial charge in [-0.3, -0.25) is 10.1 Å². The molecule has 0 amide bonds. The molecular formula is C10H14N2O5S. The second kappa shape index (κ2) is 5.89. The number of nitrogens with zero attached hydrogens (tertiary/aromatic N) is 1. The minimum absolute atomic E-state index is 0.0900. The summed E-state index contributed by atoms with van der Waals surface area (Å²) in [5, 5.41) is 19.2. The van der Waals surface area contributed by atoms with E-state index >= 15 is 0 Å². The molecule has 0 spiro atoms. The van der Waals surface area contributed by atoms with Gasteiger partial charge in [-0.1, -0.05) is 12.1 Å². The minimum atomic E-state index is -3.56. The van der Waals surface area contributed by atoms with Crippen LogP contribution in [0.5, 0.6) is 0 Å². The summed E-state index contributed by atoms with van der Waals surface area (Å²) in [6, 6.07) is 4.72. The highest BCUT2D eigenvalue weighted by Crippen LogP contribution is 2.13. The fraction of sp³-hybridized carbons (Fsp3) is 0.400. The number of non-ortho nitro benzene ring substituents is 1. The molecule has 8 heteroatoms. The van der Waals surface area contributed by atoms with Crippen LogP contribution in [0.2, 0.25) is 0 Å². The Morgan fingerprint density at radius 2 is 1.94 bits per heavy atom. The molecule has 2 N–H and O–H groups in total. The summed E-state index contributed by atoms with van der Waals surface area (Å²) < 4.78 is 25.5. The summed E-state index contributed by atoms with van der Waals surface area (Å²) >= 11 is 0. The zero-order chi connectivity index (χ0) is 13.8. The predicted molar refractivity (Wildman–Crippen MR) is 65.4 cm³/mol. The lowest BCUT2D eigenvalue weighted by molar-refractivity contribution is -0.384. The molecule has 100 valence electrons. The molecule has 1 rings (SSSR count). The van der Waals surface area contributed by atoms with Gasteiger partial charge in [0.25, 0.3) is 5.69 Å². The van der Waals surface area contributed by atoms with Crippen molar-refractivity contribution in [2.75, 3.05) is 6.61 Å². The van der Waals surface area contributed by atoms with Crippen LogP contribution < -0.4 is 4.72 Å². The molecule has 7 nitrogen and oxygen atoms in total. The van der Waals surface area contributed by atoms with E-state index in [4.69, 9.17) is 5.11 Å². The van der Waals surface area contributed by atoms with Crippen molar-refractivity contribution in [3.63, 3.8) is 0 Å². The standard InChI is InChI=1S/C10H14N2O5S/c1-8(6-13)11-18(16,17)7-9-2-4-10(5-3-9)12(14)15/h2-5,8,11,13H,6-7H2,1H3/t8-/m0/s1. The number of rotatable bonds is 6. The van der Waals surface area contributed by atoms with Crippen LogP contribution >= 0.6 is 0 Å². The summed E-state index contributed by atoms with van der Waals surface area (Å²) in [5.74, 6) is -0.282. The maximum Gasteiger partial charge on any atom is 0.269 e. The van der Waals surface area contributed by atoms with Crippen molar-refractivity contribution in [2.45, 2.75) is 18.7 Å². The van der Waals surface area contributed by atoms with Crippen molar-refractivity contribution < 1.29 is 18.4 Å². The molecule has 0 bridgehead atoms. The van der Waals surface area contributed by atoms with Crippen molar-refractivity contribution in [1.29, 1.82) is 0 Å². The van der Waals surface area contributed by atoms with Crippen molar-refractivity contribution in [3.8, 4) is 0 Å². The molecule has 0 saturated heterocycles. The summed E-state index contributed by atoms with van der Waals surface area (Å²) in [6.45, 7) is 1.24. The Balaban J connectivity index is 2.75. The van der Waals surface area contributed by atoms with Crippen LogP contribution in [0.3, 0.4) is 0 Å². The van der Waals surface area contributed by atoms with Gasteiger partial charge in [0.05, 0.1) is 17.3 Å². The van der Waals surface area contributed by atoms with Crippen molar-refractivity contribution >= 4 is 15.7 Å². The smallest absolute Gasteiger partial charge is 0.269 e. The molecule has 0 heterocycles.